The number of allylic oxidation sites excluding steroid dienone is 2. The van der Waals surface area contributed by atoms with Crippen molar-refractivity contribution in [3.05, 3.63) is 11.6 Å². The molecule has 0 bridgehead atoms. The van der Waals surface area contributed by atoms with Gasteiger partial charge < -0.3 is 0 Å². The summed E-state index contributed by atoms with van der Waals surface area (Å²) in [6, 6.07) is 0. The average Bonchev–Trinajstić information content (AvgIpc) is 1.84. The maximum atomic E-state index is 5.72. The summed E-state index contributed by atoms with van der Waals surface area (Å²) in [5, 5.41) is 0.0154. The van der Waals surface area contributed by atoms with Crippen molar-refractivity contribution in [2.75, 3.05) is 5.88 Å². The molecule has 0 amide bonds. The van der Waals surface area contributed by atoms with Crippen molar-refractivity contribution in [2.45, 2.75) is 19.2 Å². The fourth-order valence-electron chi connectivity index (χ4n) is 0.303. The highest BCUT2D eigenvalue weighted by Crippen LogP contribution is 2.09. The molecule has 0 nitrogen and oxygen atoms in total. The number of alkyl halides is 2. The molecule has 0 radical (unpaired) electrons. The zero-order chi connectivity index (χ0) is 6.57. The van der Waals surface area contributed by atoms with Crippen molar-refractivity contribution in [3.63, 3.8) is 0 Å². The van der Waals surface area contributed by atoms with Crippen molar-refractivity contribution < 1.29 is 0 Å². The summed E-state index contributed by atoms with van der Waals surface area (Å²) < 4.78 is 0. The van der Waals surface area contributed by atoms with Crippen LogP contribution in [0.3, 0.4) is 0 Å². The summed E-state index contributed by atoms with van der Waals surface area (Å²) in [5.41, 5.74) is 1.14. The minimum Gasteiger partial charge on any atom is -0.125 e. The second-order valence-electron chi connectivity index (χ2n) is 1.65. The van der Waals surface area contributed by atoms with Gasteiger partial charge in [-0.3, -0.25) is 0 Å². The van der Waals surface area contributed by atoms with Crippen LogP contribution in [-0.2, 0) is 0 Å². The topological polar surface area (TPSA) is 0 Å². The average molecular weight is 153 g/mol. The van der Waals surface area contributed by atoms with Gasteiger partial charge in [0.15, 0.2) is 0 Å². The second-order valence-corrected chi connectivity index (χ2v) is 2.49. The van der Waals surface area contributed by atoms with Crippen LogP contribution in [0.2, 0.25) is 0 Å². The van der Waals surface area contributed by atoms with E-state index in [-0.39, 0.29) is 5.38 Å². The van der Waals surface area contributed by atoms with Gasteiger partial charge in [-0.25, -0.2) is 0 Å². The van der Waals surface area contributed by atoms with Gasteiger partial charge in [0.05, 0.1) is 5.38 Å². The summed E-state index contributed by atoms with van der Waals surface area (Å²) in [6.45, 7) is 3.93. The molecule has 1 atom stereocenters. The molecule has 0 spiro atoms. The van der Waals surface area contributed by atoms with Gasteiger partial charge in [-0.15, -0.1) is 23.2 Å². The van der Waals surface area contributed by atoms with E-state index in [1.54, 1.807) is 0 Å². The van der Waals surface area contributed by atoms with Crippen LogP contribution >= 0.6 is 23.2 Å². The molecule has 0 saturated heterocycles. The Balaban J connectivity index is 3.63. The summed E-state index contributed by atoms with van der Waals surface area (Å²) in [6.07, 6.45) is 1.97. The first-order valence-corrected chi connectivity index (χ1v) is 3.52. The van der Waals surface area contributed by atoms with Crippen molar-refractivity contribution in [2.24, 2.45) is 0 Å². The fourth-order valence-corrected chi connectivity index (χ4v) is 0.672. The van der Waals surface area contributed by atoms with Crippen molar-refractivity contribution in [3.8, 4) is 0 Å². The maximum Gasteiger partial charge on any atom is 0.0677 e. The maximum absolute atomic E-state index is 5.72. The highest BCUT2D eigenvalue weighted by atomic mass is 35.5. The van der Waals surface area contributed by atoms with Gasteiger partial charge in [-0.05, 0) is 13.8 Å². The summed E-state index contributed by atoms with van der Waals surface area (Å²) in [5.74, 6) is 0.498. The molecule has 8 heavy (non-hydrogen) atoms. The van der Waals surface area contributed by atoms with Crippen LogP contribution in [0, 0.1) is 0 Å². The van der Waals surface area contributed by atoms with E-state index in [1.807, 2.05) is 19.9 Å². The Kier molecular flexibility index (Phi) is 4.39. The summed E-state index contributed by atoms with van der Waals surface area (Å²) >= 11 is 11.2. The Morgan fingerprint density at radius 2 is 2.25 bits per heavy atom. The standard InChI is InChI=1S/C6H10Cl2/c1-3-5(2)6(8)4-7/h3,6H,4H2,1-2H3/b5-3+. The van der Waals surface area contributed by atoms with Gasteiger partial charge in [0, 0.05) is 5.88 Å². The van der Waals surface area contributed by atoms with Crippen LogP contribution in [0.25, 0.3) is 0 Å². The molecule has 0 aromatic heterocycles. The number of hydrogen-bond acceptors (Lipinski definition) is 0. The van der Waals surface area contributed by atoms with Crippen LogP contribution in [0.4, 0.5) is 0 Å². The van der Waals surface area contributed by atoms with E-state index in [2.05, 4.69) is 0 Å². The molecule has 2 heteroatoms. The molecule has 0 aromatic carbocycles. The molecule has 0 aliphatic heterocycles. The lowest BCUT2D eigenvalue weighted by molar-refractivity contribution is 1.11. The van der Waals surface area contributed by atoms with Gasteiger partial charge in [-0.1, -0.05) is 11.6 Å². The third-order valence-electron chi connectivity index (χ3n) is 1.08. The zero-order valence-electron chi connectivity index (χ0n) is 5.12. The Bertz CT molecular complexity index is 86.5. The van der Waals surface area contributed by atoms with E-state index < -0.39 is 0 Å². The van der Waals surface area contributed by atoms with E-state index in [4.69, 9.17) is 23.2 Å². The minimum atomic E-state index is 0.0154. The Hall–Kier alpha value is 0.320. The third-order valence-corrected chi connectivity index (χ3v) is 2.05. The smallest absolute Gasteiger partial charge is 0.0677 e. The normalized spacial score (nSPS) is 16.2. The van der Waals surface area contributed by atoms with Crippen LogP contribution in [0.5, 0.6) is 0 Å². The predicted molar refractivity (Wildman–Crippen MR) is 39.8 cm³/mol. The van der Waals surface area contributed by atoms with Crippen LogP contribution in [0.15, 0.2) is 11.6 Å². The van der Waals surface area contributed by atoms with E-state index in [0.717, 1.165) is 5.57 Å². The molecular formula is C6H10Cl2. The highest BCUT2D eigenvalue weighted by molar-refractivity contribution is 6.29. The van der Waals surface area contributed by atoms with Crippen LogP contribution in [0.1, 0.15) is 13.8 Å². The molecule has 0 heterocycles. The summed E-state index contributed by atoms with van der Waals surface area (Å²) in [4.78, 5) is 0. The van der Waals surface area contributed by atoms with E-state index in [9.17, 15) is 0 Å². The number of hydrogen-bond donors (Lipinski definition) is 0. The van der Waals surface area contributed by atoms with Crippen LogP contribution in [-0.4, -0.2) is 11.3 Å². The van der Waals surface area contributed by atoms with E-state index >= 15 is 0 Å². The van der Waals surface area contributed by atoms with Crippen molar-refractivity contribution in [1.82, 2.24) is 0 Å². The lowest BCUT2D eigenvalue weighted by Crippen LogP contribution is -2.00. The Morgan fingerprint density at radius 3 is 2.38 bits per heavy atom. The Morgan fingerprint density at radius 1 is 1.75 bits per heavy atom. The third kappa shape index (κ3) is 2.58. The lowest BCUT2D eigenvalue weighted by Gasteiger charge is -2.02. The number of rotatable bonds is 2. The van der Waals surface area contributed by atoms with Gasteiger partial charge >= 0.3 is 0 Å². The second kappa shape index (κ2) is 4.22. The predicted octanol–water partition coefficient (Wildman–Crippen LogP) is 2.80. The monoisotopic (exact) mass is 152 g/mol. The molecule has 0 aliphatic carbocycles. The molecule has 0 N–H and O–H groups in total. The minimum absolute atomic E-state index is 0.0154. The first-order chi connectivity index (χ1) is 3.72. The SMILES string of the molecule is C/C=C(\C)C(Cl)CCl. The molecule has 0 saturated carbocycles. The van der Waals surface area contributed by atoms with Gasteiger partial charge in [0.1, 0.15) is 0 Å². The van der Waals surface area contributed by atoms with Crippen molar-refractivity contribution in [1.29, 1.82) is 0 Å². The molecular weight excluding hydrogens is 143 g/mol. The van der Waals surface area contributed by atoms with Gasteiger partial charge in [0.2, 0.25) is 0 Å². The Labute approximate surface area is 60.5 Å². The quantitative estimate of drug-likeness (QED) is 0.422. The van der Waals surface area contributed by atoms with Gasteiger partial charge in [0.25, 0.3) is 0 Å². The van der Waals surface area contributed by atoms with E-state index in [1.165, 1.54) is 0 Å². The largest absolute Gasteiger partial charge is 0.125 e. The molecule has 1 unspecified atom stereocenters. The summed E-state index contributed by atoms with van der Waals surface area (Å²) in [7, 11) is 0. The number of halogens is 2. The first kappa shape index (κ1) is 8.32. The zero-order valence-corrected chi connectivity index (χ0v) is 6.63. The lowest BCUT2D eigenvalue weighted by atomic mass is 10.2. The highest BCUT2D eigenvalue weighted by Gasteiger charge is 2.01. The van der Waals surface area contributed by atoms with Crippen molar-refractivity contribution >= 4 is 23.2 Å². The molecule has 0 aromatic rings. The molecule has 0 aliphatic rings. The van der Waals surface area contributed by atoms with Gasteiger partial charge in [-0.2, -0.15) is 0 Å². The first-order valence-electron chi connectivity index (χ1n) is 2.55. The van der Waals surface area contributed by atoms with Crippen LogP contribution < -0.4 is 0 Å². The van der Waals surface area contributed by atoms with E-state index in [0.29, 0.717) is 5.88 Å². The fraction of sp³-hybridized carbons (Fsp3) is 0.667. The molecule has 48 valence electrons. The molecule has 0 rings (SSSR count). The molecule has 0 fully saturated rings.